The van der Waals surface area contributed by atoms with Crippen LogP contribution in [0.3, 0.4) is 0 Å². The van der Waals surface area contributed by atoms with Gasteiger partial charge >= 0.3 is 0 Å². The van der Waals surface area contributed by atoms with Crippen LogP contribution in [0, 0.1) is 12.7 Å². The molecule has 3 rings (SSSR count). The first-order valence-corrected chi connectivity index (χ1v) is 10.1. The summed E-state index contributed by atoms with van der Waals surface area (Å²) in [5.41, 5.74) is 1.79. The molecule has 0 radical (unpaired) electrons. The first-order valence-electron chi connectivity index (χ1n) is 8.32. The lowest BCUT2D eigenvalue weighted by Crippen LogP contribution is -2.15. The lowest BCUT2D eigenvalue weighted by atomic mass is 10.2. The maximum Gasteiger partial charge on any atom is 0.234 e. The molecule has 3 aromatic rings. The molecule has 0 aliphatic rings. The lowest BCUT2D eigenvalue weighted by Gasteiger charge is -2.08. The zero-order chi connectivity index (χ0) is 20.1. The molecule has 0 aliphatic carbocycles. The monoisotopic (exact) mass is 461 g/mol. The van der Waals surface area contributed by atoms with Crippen LogP contribution in [-0.4, -0.2) is 28.7 Å². The molecule has 144 valence electrons. The normalized spacial score (nSPS) is 10.6. The van der Waals surface area contributed by atoms with Crippen LogP contribution in [-0.2, 0) is 4.79 Å². The van der Waals surface area contributed by atoms with Crippen molar-refractivity contribution in [3.63, 3.8) is 0 Å². The number of halogens is 2. The van der Waals surface area contributed by atoms with Gasteiger partial charge in [-0.2, -0.15) is 0 Å². The van der Waals surface area contributed by atoms with Crippen LogP contribution in [0.25, 0.3) is 11.4 Å². The molecule has 1 heterocycles. The van der Waals surface area contributed by atoms with E-state index in [1.165, 1.54) is 23.9 Å². The van der Waals surface area contributed by atoms with E-state index in [0.29, 0.717) is 15.3 Å². The molecule has 0 bridgehead atoms. The highest BCUT2D eigenvalue weighted by Crippen LogP contribution is 2.24. The summed E-state index contributed by atoms with van der Waals surface area (Å²) in [6.45, 7) is 1.87. The number of amides is 1. The van der Waals surface area contributed by atoms with Crippen molar-refractivity contribution in [3.05, 3.63) is 64.5 Å². The molecule has 1 amide bonds. The molecule has 5 nitrogen and oxygen atoms in total. The second kappa shape index (κ2) is 9.16. The van der Waals surface area contributed by atoms with Crippen molar-refractivity contribution in [1.82, 2.24) is 9.97 Å². The van der Waals surface area contributed by atoms with Crippen molar-refractivity contribution in [3.8, 4) is 17.1 Å². The van der Waals surface area contributed by atoms with E-state index in [1.807, 2.05) is 37.3 Å². The fourth-order valence-electron chi connectivity index (χ4n) is 2.40. The SMILES string of the molecule is COc1ccc(-c2nc(C)cc(SCC(=O)Nc3ccc(Br)cc3F)n2)cc1. The zero-order valence-corrected chi connectivity index (χ0v) is 17.6. The summed E-state index contributed by atoms with van der Waals surface area (Å²) in [7, 11) is 1.61. The van der Waals surface area contributed by atoms with Crippen molar-refractivity contribution in [2.75, 3.05) is 18.2 Å². The molecule has 0 aliphatic heterocycles. The van der Waals surface area contributed by atoms with Crippen LogP contribution in [0.5, 0.6) is 5.75 Å². The van der Waals surface area contributed by atoms with E-state index in [-0.39, 0.29) is 17.3 Å². The number of rotatable bonds is 6. The van der Waals surface area contributed by atoms with E-state index in [4.69, 9.17) is 4.74 Å². The Kier molecular flexibility index (Phi) is 6.64. The molecule has 0 spiro atoms. The summed E-state index contributed by atoms with van der Waals surface area (Å²) in [5, 5.41) is 3.24. The first kappa shape index (κ1) is 20.3. The fourth-order valence-corrected chi connectivity index (χ4v) is 3.49. The Labute approximate surface area is 174 Å². The molecule has 0 unspecified atom stereocenters. The quantitative estimate of drug-likeness (QED) is 0.408. The van der Waals surface area contributed by atoms with Gasteiger partial charge in [-0.1, -0.05) is 27.7 Å². The highest BCUT2D eigenvalue weighted by molar-refractivity contribution is 9.10. The van der Waals surface area contributed by atoms with Gasteiger partial charge in [0, 0.05) is 15.7 Å². The van der Waals surface area contributed by atoms with Crippen molar-refractivity contribution in [1.29, 1.82) is 0 Å². The number of nitrogens with zero attached hydrogens (tertiary/aromatic N) is 2. The van der Waals surface area contributed by atoms with E-state index in [9.17, 15) is 9.18 Å². The van der Waals surface area contributed by atoms with E-state index >= 15 is 0 Å². The third-order valence-electron chi connectivity index (χ3n) is 3.74. The van der Waals surface area contributed by atoms with Crippen LogP contribution in [0.1, 0.15) is 5.69 Å². The predicted molar refractivity (Wildman–Crippen MR) is 112 cm³/mol. The molecule has 28 heavy (non-hydrogen) atoms. The molecular weight excluding hydrogens is 445 g/mol. The second-order valence-corrected chi connectivity index (χ2v) is 7.77. The van der Waals surface area contributed by atoms with Crippen LogP contribution in [0.4, 0.5) is 10.1 Å². The van der Waals surface area contributed by atoms with Crippen LogP contribution in [0.15, 0.2) is 58.0 Å². The Morgan fingerprint density at radius 1 is 1.18 bits per heavy atom. The minimum atomic E-state index is -0.493. The lowest BCUT2D eigenvalue weighted by molar-refractivity contribution is -0.113. The number of aryl methyl sites for hydroxylation is 1. The standard InChI is InChI=1S/C20H17BrFN3O2S/c1-12-9-19(25-20(23-12)13-3-6-15(27-2)7-4-13)28-11-18(26)24-17-8-5-14(21)10-16(17)22/h3-10H,11H2,1-2H3,(H,24,26). The molecule has 1 N–H and O–H groups in total. The minimum Gasteiger partial charge on any atom is -0.497 e. The van der Waals surface area contributed by atoms with Crippen molar-refractivity contribution in [2.24, 2.45) is 0 Å². The number of anilines is 1. The molecule has 2 aromatic carbocycles. The number of carbonyl (C=O) groups is 1. The summed E-state index contributed by atoms with van der Waals surface area (Å²) in [6.07, 6.45) is 0. The number of benzene rings is 2. The van der Waals surface area contributed by atoms with Gasteiger partial charge in [-0.15, -0.1) is 0 Å². The average Bonchev–Trinajstić information content (AvgIpc) is 2.68. The second-order valence-electron chi connectivity index (χ2n) is 5.86. The van der Waals surface area contributed by atoms with Crippen LogP contribution >= 0.6 is 27.7 Å². The number of ether oxygens (including phenoxy) is 1. The summed E-state index contributed by atoms with van der Waals surface area (Å²) in [6, 6.07) is 13.7. The Balaban J connectivity index is 1.68. The molecule has 8 heteroatoms. The summed E-state index contributed by atoms with van der Waals surface area (Å²) < 4.78 is 19.6. The number of nitrogens with one attached hydrogen (secondary N) is 1. The Hall–Kier alpha value is -2.45. The van der Waals surface area contributed by atoms with Gasteiger partial charge in [-0.3, -0.25) is 4.79 Å². The molecule has 1 aromatic heterocycles. The highest BCUT2D eigenvalue weighted by atomic mass is 79.9. The van der Waals surface area contributed by atoms with Gasteiger partial charge in [0.05, 0.1) is 18.6 Å². The van der Waals surface area contributed by atoms with E-state index in [2.05, 4.69) is 31.2 Å². The van der Waals surface area contributed by atoms with Gasteiger partial charge in [0.15, 0.2) is 5.82 Å². The van der Waals surface area contributed by atoms with E-state index < -0.39 is 5.82 Å². The van der Waals surface area contributed by atoms with Gasteiger partial charge in [0.2, 0.25) is 5.91 Å². The Bertz CT molecular complexity index is 999. The number of carbonyl (C=O) groups excluding carboxylic acids is 1. The summed E-state index contributed by atoms with van der Waals surface area (Å²) in [4.78, 5) is 21.1. The first-order chi connectivity index (χ1) is 13.4. The Morgan fingerprint density at radius 2 is 1.93 bits per heavy atom. The van der Waals surface area contributed by atoms with Crippen LogP contribution < -0.4 is 10.1 Å². The topological polar surface area (TPSA) is 64.1 Å². The van der Waals surface area contributed by atoms with Gasteiger partial charge in [0.1, 0.15) is 16.6 Å². The smallest absolute Gasteiger partial charge is 0.234 e. The average molecular weight is 462 g/mol. The number of hydrogen-bond donors (Lipinski definition) is 1. The third kappa shape index (κ3) is 5.30. The fraction of sp³-hybridized carbons (Fsp3) is 0.150. The molecular formula is C20H17BrFN3O2S. The number of hydrogen-bond acceptors (Lipinski definition) is 5. The van der Waals surface area contributed by atoms with Crippen molar-refractivity contribution in [2.45, 2.75) is 11.9 Å². The maximum atomic E-state index is 13.8. The van der Waals surface area contributed by atoms with Crippen molar-refractivity contribution < 1.29 is 13.9 Å². The predicted octanol–water partition coefficient (Wildman–Crippen LogP) is 5.09. The maximum absolute atomic E-state index is 13.8. The van der Waals surface area contributed by atoms with Gasteiger partial charge in [-0.25, -0.2) is 14.4 Å². The number of methoxy groups -OCH3 is 1. The van der Waals surface area contributed by atoms with Gasteiger partial charge < -0.3 is 10.1 Å². The summed E-state index contributed by atoms with van der Waals surface area (Å²) >= 11 is 4.45. The van der Waals surface area contributed by atoms with Crippen LogP contribution in [0.2, 0.25) is 0 Å². The largest absolute Gasteiger partial charge is 0.497 e. The highest BCUT2D eigenvalue weighted by Gasteiger charge is 2.11. The van der Waals surface area contributed by atoms with Crippen molar-refractivity contribution >= 4 is 39.3 Å². The van der Waals surface area contributed by atoms with E-state index in [1.54, 1.807) is 13.2 Å². The Morgan fingerprint density at radius 3 is 2.61 bits per heavy atom. The number of thioether (sulfide) groups is 1. The molecule has 0 saturated carbocycles. The number of aromatic nitrogens is 2. The molecule has 0 atom stereocenters. The summed E-state index contributed by atoms with van der Waals surface area (Å²) in [5.74, 6) is 0.627. The minimum absolute atomic E-state index is 0.105. The van der Waals surface area contributed by atoms with E-state index in [0.717, 1.165) is 17.0 Å². The third-order valence-corrected chi connectivity index (χ3v) is 5.14. The zero-order valence-electron chi connectivity index (χ0n) is 15.2. The molecule has 0 fully saturated rings. The van der Waals surface area contributed by atoms with Gasteiger partial charge in [0.25, 0.3) is 0 Å². The molecule has 0 saturated heterocycles. The van der Waals surface area contributed by atoms with Gasteiger partial charge in [-0.05, 0) is 55.5 Å².